The van der Waals surface area contributed by atoms with Gasteiger partial charge in [-0.3, -0.25) is 14.4 Å². The van der Waals surface area contributed by atoms with E-state index >= 15 is 0 Å². The number of rotatable bonds is 15. The van der Waals surface area contributed by atoms with Gasteiger partial charge in [0.1, 0.15) is 18.7 Å². The average molecular weight is 573 g/mol. The molecule has 4 N–H and O–H groups in total. The lowest BCUT2D eigenvalue weighted by molar-refractivity contribution is -0.137. The Balaban J connectivity index is 2.10. The van der Waals surface area contributed by atoms with Gasteiger partial charge >= 0.3 is 12.1 Å². The fraction of sp³-hybridized carbons (Fsp3) is 0.567. The van der Waals surface area contributed by atoms with Crippen LogP contribution in [0.3, 0.4) is 0 Å². The number of alkyl carbamates (subject to hydrolysis) is 1. The Bertz CT molecular complexity index is 1060. The van der Waals surface area contributed by atoms with Crippen molar-refractivity contribution in [2.45, 2.75) is 78.6 Å². The van der Waals surface area contributed by atoms with Gasteiger partial charge in [0, 0.05) is 24.6 Å². The van der Waals surface area contributed by atoms with Crippen LogP contribution in [0, 0.1) is 17.8 Å². The van der Waals surface area contributed by atoms with Gasteiger partial charge in [-0.15, -0.1) is 0 Å². The van der Waals surface area contributed by atoms with Crippen molar-refractivity contribution >= 4 is 29.8 Å². The summed E-state index contributed by atoms with van der Waals surface area (Å²) in [6.07, 6.45) is 3.24. The zero-order chi connectivity index (χ0) is 30.4. The van der Waals surface area contributed by atoms with E-state index in [0.717, 1.165) is 5.56 Å². The lowest BCUT2D eigenvalue weighted by Gasteiger charge is -2.27. The molecule has 1 fully saturated rings. The smallest absolute Gasteiger partial charge is 0.408 e. The summed E-state index contributed by atoms with van der Waals surface area (Å²) in [5.41, 5.74) is 0.809. The molecular weight excluding hydrogens is 528 g/mol. The predicted octanol–water partition coefficient (Wildman–Crippen LogP) is 2.60. The van der Waals surface area contributed by atoms with Crippen molar-refractivity contribution in [2.75, 3.05) is 13.2 Å². The van der Waals surface area contributed by atoms with Crippen LogP contribution in [-0.4, -0.2) is 61.1 Å². The molecule has 4 amide bonds. The molecule has 0 radical (unpaired) electrons. The molecule has 0 bridgehead atoms. The zero-order valence-corrected chi connectivity index (χ0v) is 24.6. The topological polar surface area (TPSA) is 152 Å². The lowest BCUT2D eigenvalue weighted by atomic mass is 9.96. The molecule has 1 aliphatic heterocycles. The van der Waals surface area contributed by atoms with Crippen LogP contribution in [0.25, 0.3) is 0 Å². The number of benzene rings is 1. The molecule has 0 spiro atoms. The summed E-state index contributed by atoms with van der Waals surface area (Å²) in [5.74, 6) is -2.19. The van der Waals surface area contributed by atoms with Gasteiger partial charge in [0.25, 0.3) is 0 Å². The third-order valence-corrected chi connectivity index (χ3v) is 6.56. The van der Waals surface area contributed by atoms with Crippen LogP contribution in [0.1, 0.15) is 59.4 Å². The van der Waals surface area contributed by atoms with E-state index in [0.29, 0.717) is 25.8 Å². The summed E-state index contributed by atoms with van der Waals surface area (Å²) in [6.45, 7) is 9.91. The third-order valence-electron chi connectivity index (χ3n) is 6.56. The number of amides is 4. The third kappa shape index (κ3) is 12.0. The van der Waals surface area contributed by atoms with E-state index in [1.165, 1.54) is 12.2 Å². The summed E-state index contributed by atoms with van der Waals surface area (Å²) in [7, 11) is 0. The second-order valence-corrected chi connectivity index (χ2v) is 10.9. The summed E-state index contributed by atoms with van der Waals surface area (Å²) in [4.78, 5) is 63.3. The Morgan fingerprint density at radius 3 is 2.29 bits per heavy atom. The van der Waals surface area contributed by atoms with E-state index in [9.17, 15) is 24.0 Å². The van der Waals surface area contributed by atoms with Crippen LogP contribution in [0.4, 0.5) is 4.79 Å². The summed E-state index contributed by atoms with van der Waals surface area (Å²) >= 11 is 0. The largest absolute Gasteiger partial charge is 0.463 e. The van der Waals surface area contributed by atoms with Crippen molar-refractivity contribution < 1.29 is 33.4 Å². The van der Waals surface area contributed by atoms with Crippen LogP contribution in [0.2, 0.25) is 0 Å². The molecule has 0 unspecified atom stereocenters. The first-order valence-electron chi connectivity index (χ1n) is 14.2. The maximum atomic E-state index is 13.4. The van der Waals surface area contributed by atoms with E-state index in [-0.39, 0.29) is 36.9 Å². The fourth-order valence-electron chi connectivity index (χ4n) is 4.42. The lowest BCUT2D eigenvalue weighted by Crippen LogP contribution is -2.56. The first-order chi connectivity index (χ1) is 19.5. The number of hydrogen-bond donors (Lipinski definition) is 4. The summed E-state index contributed by atoms with van der Waals surface area (Å²) < 4.78 is 10.2. The van der Waals surface area contributed by atoms with Crippen LogP contribution in [0.5, 0.6) is 0 Å². The maximum absolute atomic E-state index is 13.4. The number of carbonyl (C=O) groups is 5. The monoisotopic (exact) mass is 572 g/mol. The van der Waals surface area contributed by atoms with Crippen LogP contribution in [0.15, 0.2) is 42.5 Å². The van der Waals surface area contributed by atoms with Gasteiger partial charge in [-0.1, -0.05) is 64.1 Å². The predicted molar refractivity (Wildman–Crippen MR) is 153 cm³/mol. The first kappa shape index (κ1) is 33.3. The molecule has 1 saturated heterocycles. The summed E-state index contributed by atoms with van der Waals surface area (Å²) in [5, 5.41) is 11.1. The van der Waals surface area contributed by atoms with Crippen LogP contribution >= 0.6 is 0 Å². The van der Waals surface area contributed by atoms with E-state index in [1.807, 2.05) is 44.2 Å². The molecule has 1 aliphatic rings. The Kier molecular flexibility index (Phi) is 13.8. The van der Waals surface area contributed by atoms with Crippen LogP contribution < -0.4 is 21.3 Å². The molecule has 11 nitrogen and oxygen atoms in total. The molecule has 2 rings (SSSR count). The van der Waals surface area contributed by atoms with Crippen molar-refractivity contribution in [3.8, 4) is 0 Å². The Hall–Kier alpha value is -3.89. The Morgan fingerprint density at radius 1 is 1.00 bits per heavy atom. The number of carbonyl (C=O) groups excluding carboxylic acids is 5. The highest BCUT2D eigenvalue weighted by Gasteiger charge is 2.32. The van der Waals surface area contributed by atoms with Crippen molar-refractivity contribution in [3.05, 3.63) is 48.0 Å². The zero-order valence-electron chi connectivity index (χ0n) is 24.6. The van der Waals surface area contributed by atoms with E-state index < -0.39 is 42.0 Å². The highest BCUT2D eigenvalue weighted by atomic mass is 16.5. The van der Waals surface area contributed by atoms with Gasteiger partial charge in [0.15, 0.2) is 0 Å². The van der Waals surface area contributed by atoms with Crippen molar-refractivity contribution in [3.63, 3.8) is 0 Å². The van der Waals surface area contributed by atoms with Gasteiger partial charge < -0.3 is 30.7 Å². The van der Waals surface area contributed by atoms with E-state index in [1.54, 1.807) is 20.8 Å². The highest BCUT2D eigenvalue weighted by Crippen LogP contribution is 2.18. The van der Waals surface area contributed by atoms with Crippen LogP contribution in [-0.2, 0) is 35.3 Å². The SMILES string of the molecule is CCOC(=O)/C=C/[C@H](C[C@@H]1CCNC1=O)NC(=O)[C@@H](CC(C)C)NC(=O)[C@@H](NC(=O)OCc1ccccc1)C(C)C. The number of esters is 1. The van der Waals surface area contributed by atoms with Crippen molar-refractivity contribution in [1.82, 2.24) is 21.3 Å². The summed E-state index contributed by atoms with van der Waals surface area (Å²) in [6, 6.07) is 6.67. The van der Waals surface area contributed by atoms with E-state index in [2.05, 4.69) is 21.3 Å². The fourth-order valence-corrected chi connectivity index (χ4v) is 4.42. The highest BCUT2D eigenvalue weighted by molar-refractivity contribution is 5.92. The molecule has 1 aromatic carbocycles. The molecule has 1 heterocycles. The van der Waals surface area contributed by atoms with E-state index in [4.69, 9.17) is 9.47 Å². The minimum absolute atomic E-state index is 0.0528. The minimum Gasteiger partial charge on any atom is -0.463 e. The minimum atomic E-state index is -0.942. The van der Waals surface area contributed by atoms with Gasteiger partial charge in [-0.05, 0) is 43.6 Å². The molecular formula is C30H44N4O7. The van der Waals surface area contributed by atoms with Crippen molar-refractivity contribution in [2.24, 2.45) is 17.8 Å². The number of hydrogen-bond acceptors (Lipinski definition) is 7. The molecule has 0 saturated carbocycles. The number of nitrogens with one attached hydrogen (secondary N) is 4. The standard InChI is InChI=1S/C30H44N4O7/c1-6-40-25(35)13-12-23(17-22-14-15-31-27(22)36)32-28(37)24(16-19(2)3)33-29(38)26(20(4)5)34-30(39)41-18-21-10-8-7-9-11-21/h7-13,19-20,22-24,26H,6,14-18H2,1-5H3,(H,31,36)(H,32,37)(H,33,38)(H,34,39)/b13-12+/t22-,23+,24+,26-/m0/s1. The molecule has 0 aliphatic carbocycles. The van der Waals surface area contributed by atoms with Gasteiger partial charge in [0.2, 0.25) is 17.7 Å². The average Bonchev–Trinajstić information content (AvgIpc) is 3.32. The molecule has 1 aromatic rings. The molecule has 226 valence electrons. The Morgan fingerprint density at radius 2 is 1.71 bits per heavy atom. The first-order valence-corrected chi connectivity index (χ1v) is 14.2. The molecule has 11 heteroatoms. The second kappa shape index (κ2) is 17.0. The van der Waals surface area contributed by atoms with Gasteiger partial charge in [-0.2, -0.15) is 0 Å². The molecule has 0 aromatic heterocycles. The van der Waals surface area contributed by atoms with Gasteiger partial charge in [-0.25, -0.2) is 9.59 Å². The molecule has 4 atom stereocenters. The number of ether oxygens (including phenoxy) is 2. The Labute approximate surface area is 242 Å². The maximum Gasteiger partial charge on any atom is 0.408 e. The van der Waals surface area contributed by atoms with Crippen molar-refractivity contribution in [1.29, 1.82) is 0 Å². The quantitative estimate of drug-likeness (QED) is 0.186. The normalized spacial score (nSPS) is 17.0. The molecule has 41 heavy (non-hydrogen) atoms. The van der Waals surface area contributed by atoms with Gasteiger partial charge in [0.05, 0.1) is 6.61 Å². The second-order valence-electron chi connectivity index (χ2n) is 10.9.